The quantitative estimate of drug-likeness (QED) is 0.651. The molecule has 0 radical (unpaired) electrons. The van der Waals surface area contributed by atoms with Gasteiger partial charge in [0, 0.05) is 43.4 Å². The van der Waals surface area contributed by atoms with Gasteiger partial charge in [-0.15, -0.1) is 0 Å². The van der Waals surface area contributed by atoms with Gasteiger partial charge in [-0.1, -0.05) is 24.3 Å². The Morgan fingerprint density at radius 1 is 1.06 bits per heavy atom. The van der Waals surface area contributed by atoms with E-state index in [2.05, 4.69) is 23.1 Å². The largest absolute Gasteiger partial charge is 0.497 e. The molecule has 1 saturated heterocycles. The highest BCUT2D eigenvalue weighted by atomic mass is 16.5. The van der Waals surface area contributed by atoms with Gasteiger partial charge in [0.25, 0.3) is 5.56 Å². The molecule has 1 fully saturated rings. The number of likely N-dealkylation sites (tertiary alicyclic amines) is 1. The molecular weight excluding hydrogens is 386 g/mol. The molecule has 3 heterocycles. The Bertz CT molecular complexity index is 1210. The van der Waals surface area contributed by atoms with Gasteiger partial charge in [0.1, 0.15) is 5.75 Å². The van der Waals surface area contributed by atoms with Gasteiger partial charge in [-0.05, 0) is 59.9 Å². The summed E-state index contributed by atoms with van der Waals surface area (Å²) < 4.78 is 7.24. The first-order valence-electron chi connectivity index (χ1n) is 10.7. The van der Waals surface area contributed by atoms with Crippen LogP contribution in [-0.4, -0.2) is 29.7 Å². The van der Waals surface area contributed by atoms with E-state index in [1.54, 1.807) is 7.11 Å². The predicted molar refractivity (Wildman–Crippen MR) is 120 cm³/mol. The lowest BCUT2D eigenvalue weighted by Gasteiger charge is -2.43. The van der Waals surface area contributed by atoms with Crippen LogP contribution in [0.4, 0.5) is 0 Å². The highest BCUT2D eigenvalue weighted by molar-refractivity contribution is 5.63. The first kappa shape index (κ1) is 19.6. The van der Waals surface area contributed by atoms with Gasteiger partial charge in [-0.2, -0.15) is 5.26 Å². The van der Waals surface area contributed by atoms with Crippen molar-refractivity contribution < 1.29 is 4.74 Å². The smallest absolute Gasteiger partial charge is 0.258 e. The molecular formula is C26H25N3O2. The zero-order valence-corrected chi connectivity index (χ0v) is 17.6. The van der Waals surface area contributed by atoms with E-state index in [1.165, 1.54) is 5.56 Å². The number of aromatic nitrogens is 1. The second-order valence-corrected chi connectivity index (χ2v) is 8.62. The molecule has 0 spiro atoms. The van der Waals surface area contributed by atoms with Crippen molar-refractivity contribution in [3.8, 4) is 22.9 Å². The minimum absolute atomic E-state index is 0.104. The van der Waals surface area contributed by atoms with Gasteiger partial charge in [0.2, 0.25) is 0 Å². The molecule has 2 aliphatic rings. The Kier molecular flexibility index (Phi) is 5.09. The van der Waals surface area contributed by atoms with E-state index in [9.17, 15) is 4.79 Å². The summed E-state index contributed by atoms with van der Waals surface area (Å²) in [5, 5.41) is 9.16. The Balaban J connectivity index is 1.40. The molecule has 156 valence electrons. The zero-order valence-electron chi connectivity index (χ0n) is 17.6. The SMILES string of the molecule is COc1ccc(-c2ccc3n(c2=O)CC2CC3CN(Cc3cccc(C#N)c3)C2)cc1. The van der Waals surface area contributed by atoms with Crippen LogP contribution in [0, 0.1) is 17.2 Å². The number of benzene rings is 2. The lowest BCUT2D eigenvalue weighted by Crippen LogP contribution is -2.46. The van der Waals surface area contributed by atoms with E-state index < -0.39 is 0 Å². The van der Waals surface area contributed by atoms with E-state index in [4.69, 9.17) is 10.00 Å². The summed E-state index contributed by atoms with van der Waals surface area (Å²) in [6.07, 6.45) is 1.13. The Hall–Kier alpha value is -3.36. The molecule has 0 saturated carbocycles. The summed E-state index contributed by atoms with van der Waals surface area (Å²) >= 11 is 0. The Morgan fingerprint density at radius 3 is 2.68 bits per heavy atom. The molecule has 3 aromatic rings. The van der Waals surface area contributed by atoms with Crippen molar-refractivity contribution in [2.24, 2.45) is 5.92 Å². The maximum atomic E-state index is 13.3. The predicted octanol–water partition coefficient (Wildman–Crippen LogP) is 4.01. The van der Waals surface area contributed by atoms with E-state index in [1.807, 2.05) is 53.1 Å². The highest BCUT2D eigenvalue weighted by Gasteiger charge is 2.35. The number of methoxy groups -OCH3 is 1. The third-order valence-electron chi connectivity index (χ3n) is 6.54. The fourth-order valence-corrected chi connectivity index (χ4v) is 5.16. The fourth-order valence-electron chi connectivity index (χ4n) is 5.16. The molecule has 0 amide bonds. The number of nitrogens with zero attached hydrogens (tertiary/aromatic N) is 3. The molecule has 2 atom stereocenters. The topological polar surface area (TPSA) is 58.3 Å². The van der Waals surface area contributed by atoms with E-state index in [0.29, 0.717) is 17.4 Å². The standard InChI is InChI=1S/C26H25N3O2/c1-31-23-7-5-21(6-8-23)24-9-10-25-22-12-20(16-29(25)26(24)30)15-28(17-22)14-19-4-2-3-18(11-19)13-27/h2-11,20,22H,12,14-17H2,1H3. The molecule has 2 bridgehead atoms. The third kappa shape index (κ3) is 3.75. The van der Waals surface area contributed by atoms with Crippen molar-refractivity contribution in [1.29, 1.82) is 5.26 Å². The lowest BCUT2D eigenvalue weighted by molar-refractivity contribution is 0.114. The van der Waals surface area contributed by atoms with Crippen LogP contribution in [0.3, 0.4) is 0 Å². The zero-order chi connectivity index (χ0) is 21.4. The molecule has 31 heavy (non-hydrogen) atoms. The number of hydrogen-bond donors (Lipinski definition) is 0. The summed E-state index contributed by atoms with van der Waals surface area (Å²) in [6, 6.07) is 21.9. The van der Waals surface area contributed by atoms with Gasteiger partial charge >= 0.3 is 0 Å². The molecule has 5 rings (SSSR count). The average molecular weight is 412 g/mol. The lowest BCUT2D eigenvalue weighted by atomic mass is 9.82. The molecule has 0 aliphatic carbocycles. The molecule has 2 unspecified atom stereocenters. The van der Waals surface area contributed by atoms with Gasteiger partial charge < -0.3 is 9.30 Å². The fraction of sp³-hybridized carbons (Fsp3) is 0.308. The molecule has 0 N–H and O–H groups in total. The average Bonchev–Trinajstić information content (AvgIpc) is 2.80. The summed E-state index contributed by atoms with van der Waals surface area (Å²) in [6.45, 7) is 3.53. The maximum absolute atomic E-state index is 13.3. The minimum Gasteiger partial charge on any atom is -0.497 e. The van der Waals surface area contributed by atoms with Gasteiger partial charge in [-0.3, -0.25) is 9.69 Å². The van der Waals surface area contributed by atoms with Gasteiger partial charge in [0.15, 0.2) is 0 Å². The number of hydrogen-bond acceptors (Lipinski definition) is 4. The van der Waals surface area contributed by atoms with Crippen LogP contribution < -0.4 is 10.3 Å². The summed E-state index contributed by atoms with van der Waals surface area (Å²) in [5.41, 5.74) is 4.80. The van der Waals surface area contributed by atoms with E-state index in [-0.39, 0.29) is 5.56 Å². The van der Waals surface area contributed by atoms with Crippen LogP contribution >= 0.6 is 0 Å². The maximum Gasteiger partial charge on any atom is 0.258 e. The highest BCUT2D eigenvalue weighted by Crippen LogP contribution is 2.36. The summed E-state index contributed by atoms with van der Waals surface area (Å²) in [7, 11) is 1.64. The second-order valence-electron chi connectivity index (χ2n) is 8.62. The number of ether oxygens (including phenoxy) is 1. The number of piperidine rings is 1. The monoisotopic (exact) mass is 411 g/mol. The first-order valence-corrected chi connectivity index (χ1v) is 10.7. The summed E-state index contributed by atoms with van der Waals surface area (Å²) in [5.74, 6) is 1.62. The third-order valence-corrected chi connectivity index (χ3v) is 6.54. The first-order chi connectivity index (χ1) is 15.1. The molecule has 2 aliphatic heterocycles. The second kappa shape index (κ2) is 8.05. The molecule has 5 heteroatoms. The van der Waals surface area contributed by atoms with E-state index >= 15 is 0 Å². The van der Waals surface area contributed by atoms with Crippen molar-refractivity contribution >= 4 is 0 Å². The van der Waals surface area contributed by atoms with Crippen molar-refractivity contribution in [3.05, 3.63) is 87.8 Å². The van der Waals surface area contributed by atoms with Crippen LogP contribution in [0.1, 0.15) is 29.2 Å². The van der Waals surface area contributed by atoms with Crippen LogP contribution in [-0.2, 0) is 13.1 Å². The van der Waals surface area contributed by atoms with Crippen molar-refractivity contribution in [2.75, 3.05) is 20.2 Å². The Morgan fingerprint density at radius 2 is 1.90 bits per heavy atom. The molecule has 1 aromatic heterocycles. The minimum atomic E-state index is 0.104. The van der Waals surface area contributed by atoms with Crippen LogP contribution in [0.5, 0.6) is 5.75 Å². The van der Waals surface area contributed by atoms with Crippen LogP contribution in [0.2, 0.25) is 0 Å². The van der Waals surface area contributed by atoms with Gasteiger partial charge in [0.05, 0.1) is 18.7 Å². The summed E-state index contributed by atoms with van der Waals surface area (Å²) in [4.78, 5) is 15.8. The molecule has 5 nitrogen and oxygen atoms in total. The number of rotatable bonds is 4. The van der Waals surface area contributed by atoms with Crippen molar-refractivity contribution in [1.82, 2.24) is 9.47 Å². The Labute approximate surface area is 182 Å². The van der Waals surface area contributed by atoms with Crippen molar-refractivity contribution in [2.45, 2.75) is 25.4 Å². The number of pyridine rings is 1. The van der Waals surface area contributed by atoms with Crippen LogP contribution in [0.15, 0.2) is 65.5 Å². The van der Waals surface area contributed by atoms with Crippen LogP contribution in [0.25, 0.3) is 11.1 Å². The van der Waals surface area contributed by atoms with Gasteiger partial charge in [-0.25, -0.2) is 0 Å². The van der Waals surface area contributed by atoms with E-state index in [0.717, 1.165) is 55.2 Å². The number of fused-ring (bicyclic) bond motifs is 4. The number of nitriles is 1. The van der Waals surface area contributed by atoms with Crippen molar-refractivity contribution in [3.63, 3.8) is 0 Å². The normalized spacial score (nSPS) is 20.0. The molecule has 2 aromatic carbocycles.